The van der Waals surface area contributed by atoms with E-state index in [9.17, 15) is 4.79 Å². The second-order valence-corrected chi connectivity index (χ2v) is 6.25. The molecule has 100 valence electrons. The Morgan fingerprint density at radius 2 is 2.33 bits per heavy atom. The van der Waals surface area contributed by atoms with Crippen LogP contribution in [-0.2, 0) is 4.74 Å². The van der Waals surface area contributed by atoms with Gasteiger partial charge in [-0.15, -0.1) is 0 Å². The third-order valence-electron chi connectivity index (χ3n) is 2.92. The maximum absolute atomic E-state index is 11.9. The van der Waals surface area contributed by atoms with Crippen LogP contribution in [0.1, 0.15) is 23.3 Å². The number of rotatable bonds is 4. The fourth-order valence-corrected chi connectivity index (χ4v) is 3.18. The number of thioether (sulfide) groups is 1. The molecular weight excluding hydrogens is 270 g/mol. The van der Waals surface area contributed by atoms with E-state index in [1.165, 1.54) is 23.1 Å². The molecule has 2 heterocycles. The fourth-order valence-electron chi connectivity index (χ4n) is 1.83. The third-order valence-corrected chi connectivity index (χ3v) is 4.79. The first kappa shape index (κ1) is 13.6. The van der Waals surface area contributed by atoms with Crippen LogP contribution in [0.2, 0.25) is 0 Å². The number of hydrogen-bond acceptors (Lipinski definition) is 6. The number of nitrogens with zero attached hydrogens (tertiary/aromatic N) is 1. The van der Waals surface area contributed by atoms with E-state index in [-0.39, 0.29) is 5.91 Å². The van der Waals surface area contributed by atoms with Crippen LogP contribution >= 0.6 is 23.1 Å². The van der Waals surface area contributed by atoms with E-state index in [0.717, 1.165) is 30.4 Å². The molecule has 0 bridgehead atoms. The predicted octanol–water partition coefficient (Wildman–Crippen LogP) is 1.60. The summed E-state index contributed by atoms with van der Waals surface area (Å²) in [5.74, 6) is 0.332. The molecule has 1 aromatic rings. The van der Waals surface area contributed by atoms with Crippen LogP contribution in [0.3, 0.4) is 0 Å². The van der Waals surface area contributed by atoms with Gasteiger partial charge in [-0.3, -0.25) is 4.79 Å². The van der Waals surface area contributed by atoms with Gasteiger partial charge in [0.05, 0.1) is 0 Å². The summed E-state index contributed by atoms with van der Waals surface area (Å²) in [5.41, 5.74) is 6.15. The average molecular weight is 287 g/mol. The molecule has 1 aliphatic rings. The van der Waals surface area contributed by atoms with E-state index in [2.05, 4.69) is 10.3 Å². The van der Waals surface area contributed by atoms with Gasteiger partial charge < -0.3 is 15.8 Å². The minimum atomic E-state index is -0.171. The molecule has 0 aromatic carbocycles. The number of ether oxygens (including phenoxy) is 1. The van der Waals surface area contributed by atoms with Crippen LogP contribution in [0, 0.1) is 5.92 Å². The Morgan fingerprint density at radius 3 is 2.94 bits per heavy atom. The molecule has 2 rings (SSSR count). The van der Waals surface area contributed by atoms with Gasteiger partial charge in [-0.2, -0.15) is 0 Å². The maximum Gasteiger partial charge on any atom is 0.273 e. The van der Waals surface area contributed by atoms with Crippen molar-refractivity contribution in [1.29, 1.82) is 0 Å². The minimum absolute atomic E-state index is 0.171. The number of amides is 1. The highest BCUT2D eigenvalue weighted by molar-refractivity contribution is 8.00. The highest BCUT2D eigenvalue weighted by Gasteiger charge is 2.18. The first-order valence-corrected chi connectivity index (χ1v) is 7.91. The lowest BCUT2D eigenvalue weighted by Crippen LogP contribution is -2.32. The van der Waals surface area contributed by atoms with E-state index in [1.807, 2.05) is 6.26 Å². The van der Waals surface area contributed by atoms with Crippen LogP contribution in [0.5, 0.6) is 0 Å². The summed E-state index contributed by atoms with van der Waals surface area (Å²) >= 11 is 2.85. The molecular formula is C11H17N3O2S2. The van der Waals surface area contributed by atoms with Crippen molar-refractivity contribution in [3.63, 3.8) is 0 Å². The van der Waals surface area contributed by atoms with Crippen LogP contribution in [0.25, 0.3) is 0 Å². The molecule has 1 aromatic heterocycles. The van der Waals surface area contributed by atoms with Crippen molar-refractivity contribution in [2.24, 2.45) is 5.92 Å². The number of nitrogens with one attached hydrogen (secondary N) is 1. The zero-order valence-corrected chi connectivity index (χ0v) is 11.9. The van der Waals surface area contributed by atoms with Crippen molar-refractivity contribution in [3.8, 4) is 0 Å². The number of hydrogen-bond donors (Lipinski definition) is 2. The maximum atomic E-state index is 11.9. The molecule has 1 saturated heterocycles. The Kier molecular flexibility index (Phi) is 4.85. The molecule has 5 nitrogen and oxygen atoms in total. The molecule has 1 fully saturated rings. The Balaban J connectivity index is 1.88. The van der Waals surface area contributed by atoms with Crippen molar-refractivity contribution in [2.75, 3.05) is 31.7 Å². The summed E-state index contributed by atoms with van der Waals surface area (Å²) in [6, 6.07) is 0. The summed E-state index contributed by atoms with van der Waals surface area (Å²) in [7, 11) is 0. The average Bonchev–Trinajstić information content (AvgIpc) is 2.78. The molecule has 3 N–H and O–H groups in total. The number of nitrogen functional groups attached to an aromatic ring is 1. The summed E-state index contributed by atoms with van der Waals surface area (Å²) in [5, 5.41) is 3.40. The van der Waals surface area contributed by atoms with Gasteiger partial charge in [-0.25, -0.2) is 4.98 Å². The zero-order valence-electron chi connectivity index (χ0n) is 10.3. The Morgan fingerprint density at radius 1 is 1.61 bits per heavy atom. The molecule has 0 saturated carbocycles. The second-order valence-electron chi connectivity index (χ2n) is 4.16. The molecule has 0 radical (unpaired) electrons. The standard InChI is InChI=1S/C11H17N3O2S2/c1-17-11-14-8(9(12)18-11)10(15)13-6-7-2-4-16-5-3-7/h7H,2-6,12H2,1H3,(H,13,15). The Bertz CT molecular complexity index is 416. The van der Waals surface area contributed by atoms with E-state index in [4.69, 9.17) is 10.5 Å². The second kappa shape index (κ2) is 6.40. The SMILES string of the molecule is CSc1nc(C(=O)NCC2CCOCC2)c(N)s1. The number of thiazole rings is 1. The van der Waals surface area contributed by atoms with Crippen molar-refractivity contribution in [2.45, 2.75) is 17.2 Å². The lowest BCUT2D eigenvalue weighted by atomic mass is 10.0. The third kappa shape index (κ3) is 3.37. The number of nitrogens with two attached hydrogens (primary N) is 1. The van der Waals surface area contributed by atoms with Crippen molar-refractivity contribution >= 4 is 34.0 Å². The summed E-state index contributed by atoms with van der Waals surface area (Å²) in [6.45, 7) is 2.25. The molecule has 0 aliphatic carbocycles. The van der Waals surface area contributed by atoms with Gasteiger partial charge in [-0.05, 0) is 25.0 Å². The van der Waals surface area contributed by atoms with E-state index >= 15 is 0 Å². The van der Waals surface area contributed by atoms with E-state index in [1.54, 1.807) is 0 Å². The van der Waals surface area contributed by atoms with Gasteiger partial charge in [-0.1, -0.05) is 23.1 Å². The quantitative estimate of drug-likeness (QED) is 0.823. The number of aromatic nitrogens is 1. The van der Waals surface area contributed by atoms with Gasteiger partial charge in [0.2, 0.25) is 0 Å². The highest BCUT2D eigenvalue weighted by atomic mass is 32.2. The lowest BCUT2D eigenvalue weighted by molar-refractivity contribution is 0.0642. The smallest absolute Gasteiger partial charge is 0.273 e. The normalized spacial score (nSPS) is 16.7. The van der Waals surface area contributed by atoms with Gasteiger partial charge in [0.1, 0.15) is 5.00 Å². The Hall–Kier alpha value is -0.790. The molecule has 0 spiro atoms. The minimum Gasteiger partial charge on any atom is -0.389 e. The van der Waals surface area contributed by atoms with Gasteiger partial charge in [0.15, 0.2) is 10.0 Å². The molecule has 1 aliphatic heterocycles. The number of carbonyl (C=O) groups is 1. The zero-order chi connectivity index (χ0) is 13.0. The largest absolute Gasteiger partial charge is 0.389 e. The fraction of sp³-hybridized carbons (Fsp3) is 0.636. The molecule has 1 amide bonds. The van der Waals surface area contributed by atoms with Gasteiger partial charge in [0.25, 0.3) is 5.91 Å². The Labute approximate surface area is 114 Å². The van der Waals surface area contributed by atoms with Crippen LogP contribution < -0.4 is 11.1 Å². The van der Waals surface area contributed by atoms with Crippen molar-refractivity contribution in [3.05, 3.63) is 5.69 Å². The molecule has 0 atom stereocenters. The molecule has 7 heteroatoms. The van der Waals surface area contributed by atoms with Gasteiger partial charge in [0, 0.05) is 19.8 Å². The summed E-state index contributed by atoms with van der Waals surface area (Å²) < 4.78 is 6.10. The first-order chi connectivity index (χ1) is 8.70. The van der Waals surface area contributed by atoms with Gasteiger partial charge >= 0.3 is 0 Å². The van der Waals surface area contributed by atoms with Crippen molar-refractivity contribution < 1.29 is 9.53 Å². The topological polar surface area (TPSA) is 77.2 Å². The predicted molar refractivity (Wildman–Crippen MR) is 74.2 cm³/mol. The number of anilines is 1. The summed E-state index contributed by atoms with van der Waals surface area (Å²) in [6.07, 6.45) is 3.92. The number of carbonyl (C=O) groups excluding carboxylic acids is 1. The van der Waals surface area contributed by atoms with E-state index in [0.29, 0.717) is 23.2 Å². The van der Waals surface area contributed by atoms with Crippen molar-refractivity contribution in [1.82, 2.24) is 10.3 Å². The first-order valence-electron chi connectivity index (χ1n) is 5.87. The molecule has 0 unspecified atom stereocenters. The van der Waals surface area contributed by atoms with E-state index < -0.39 is 0 Å². The van der Waals surface area contributed by atoms with Crippen LogP contribution in [0.15, 0.2) is 4.34 Å². The monoisotopic (exact) mass is 287 g/mol. The van der Waals surface area contributed by atoms with Crippen LogP contribution in [0.4, 0.5) is 5.00 Å². The highest BCUT2D eigenvalue weighted by Crippen LogP contribution is 2.27. The summed E-state index contributed by atoms with van der Waals surface area (Å²) in [4.78, 5) is 16.2. The molecule has 18 heavy (non-hydrogen) atoms. The van der Waals surface area contributed by atoms with Crippen LogP contribution in [-0.4, -0.2) is 36.9 Å². The lowest BCUT2D eigenvalue weighted by Gasteiger charge is -2.21.